The second-order valence-corrected chi connectivity index (χ2v) is 14.7. The van der Waals surface area contributed by atoms with E-state index in [1.165, 1.54) is 22.6 Å². The van der Waals surface area contributed by atoms with E-state index in [1.807, 2.05) is 0 Å². The van der Waals surface area contributed by atoms with Crippen LogP contribution < -0.4 is 0 Å². The van der Waals surface area contributed by atoms with E-state index in [9.17, 15) is 9.90 Å². The molecule has 239 valence electrons. The van der Waals surface area contributed by atoms with Crippen LogP contribution in [0.15, 0.2) is 54.3 Å². The zero-order chi connectivity index (χ0) is 31.9. The summed E-state index contributed by atoms with van der Waals surface area (Å²) >= 11 is 0. The number of pyridine rings is 1. The van der Waals surface area contributed by atoms with Crippen molar-refractivity contribution in [2.45, 2.75) is 96.4 Å². The number of carbonyl (C=O) groups is 1. The van der Waals surface area contributed by atoms with Crippen molar-refractivity contribution in [1.29, 1.82) is 0 Å². The minimum absolute atomic E-state index is 0. The van der Waals surface area contributed by atoms with Crippen LogP contribution in [0.25, 0.3) is 22.2 Å². The van der Waals surface area contributed by atoms with Crippen molar-refractivity contribution in [1.82, 2.24) is 4.98 Å². The third kappa shape index (κ3) is 11.6. The number of fused-ring (bicyclic) bond motifs is 1. The first-order valence-electron chi connectivity index (χ1n) is 15.7. The maximum absolute atomic E-state index is 12.3. The quantitative estimate of drug-likeness (QED) is 0.134. The van der Waals surface area contributed by atoms with Crippen molar-refractivity contribution in [3.63, 3.8) is 0 Å². The first-order chi connectivity index (χ1) is 19.4. The Balaban J connectivity index is 0.000000430. The molecule has 0 spiro atoms. The molecule has 0 aliphatic rings. The zero-order valence-corrected chi connectivity index (χ0v) is 31.3. The minimum Gasteiger partial charge on any atom is -0.512 e. The number of allylic oxidation sites excluding steroid dienone is 2. The molecule has 3 nitrogen and oxygen atoms in total. The second-order valence-electron chi connectivity index (χ2n) is 14.7. The summed E-state index contributed by atoms with van der Waals surface area (Å²) in [6.45, 7) is 27.7. The first-order valence-corrected chi connectivity index (χ1v) is 15.7. The number of ketones is 1. The summed E-state index contributed by atoms with van der Waals surface area (Å²) in [5.41, 5.74) is 7.20. The Labute approximate surface area is 276 Å². The number of carbonyl (C=O) groups excluding carboxylic acids is 1. The Bertz CT molecular complexity index is 1330. The largest absolute Gasteiger partial charge is 0.512 e. The molecule has 2 aromatic carbocycles. The Morgan fingerprint density at radius 1 is 0.860 bits per heavy atom. The average Bonchev–Trinajstić information content (AvgIpc) is 2.81. The topological polar surface area (TPSA) is 50.2 Å². The van der Waals surface area contributed by atoms with E-state index in [1.54, 1.807) is 0 Å². The van der Waals surface area contributed by atoms with E-state index in [0.29, 0.717) is 23.7 Å². The number of aryl methyl sites for hydroxylation is 2. The molecule has 3 aromatic rings. The number of hydrogen-bond donors (Lipinski definition) is 1. The molecule has 0 bridgehead atoms. The smallest absolute Gasteiger partial charge is 0.162 e. The number of aliphatic hydroxyl groups is 1. The molecular formula is C39H56IrNO2-. The SMILES string of the molecule is CC(C)C(C(=O)/C=C(\O)C(C(C)C)C(C)C)C(C)C.Cc1[c-]c(-c2cc(CC(C)(C)C)c3ccccc3n2)cc(C)c1.[Ir]. The fourth-order valence-electron chi connectivity index (χ4n) is 6.35. The monoisotopic (exact) mass is 763 g/mol. The van der Waals surface area contributed by atoms with Crippen LogP contribution >= 0.6 is 0 Å². The average molecular weight is 763 g/mol. The molecule has 0 unspecified atom stereocenters. The van der Waals surface area contributed by atoms with Gasteiger partial charge >= 0.3 is 0 Å². The molecule has 1 heterocycles. The van der Waals surface area contributed by atoms with Gasteiger partial charge in [-0.1, -0.05) is 114 Å². The van der Waals surface area contributed by atoms with E-state index in [-0.39, 0.29) is 48.9 Å². The van der Waals surface area contributed by atoms with E-state index >= 15 is 0 Å². The minimum atomic E-state index is -0.0119. The molecule has 0 atom stereocenters. The van der Waals surface area contributed by atoms with Gasteiger partial charge in [0.25, 0.3) is 0 Å². The number of hydrogen-bond acceptors (Lipinski definition) is 3. The molecule has 0 fully saturated rings. The maximum Gasteiger partial charge on any atom is 0.162 e. The molecule has 0 amide bonds. The van der Waals surface area contributed by atoms with Crippen LogP contribution in [0.1, 0.15) is 92.9 Å². The normalized spacial score (nSPS) is 12.4. The Morgan fingerprint density at radius 3 is 1.88 bits per heavy atom. The third-order valence-corrected chi connectivity index (χ3v) is 7.78. The first kappa shape index (κ1) is 38.7. The van der Waals surface area contributed by atoms with Gasteiger partial charge in [0.2, 0.25) is 0 Å². The summed E-state index contributed by atoms with van der Waals surface area (Å²) in [5, 5.41) is 11.5. The van der Waals surface area contributed by atoms with Crippen LogP contribution in [0.5, 0.6) is 0 Å². The molecule has 1 aromatic heterocycles. The van der Waals surface area contributed by atoms with E-state index in [2.05, 4.69) is 139 Å². The Morgan fingerprint density at radius 2 is 1.40 bits per heavy atom. The predicted octanol–water partition coefficient (Wildman–Crippen LogP) is 10.8. The van der Waals surface area contributed by atoms with Gasteiger partial charge in [0.05, 0.1) is 11.3 Å². The van der Waals surface area contributed by atoms with Crippen molar-refractivity contribution < 1.29 is 30.0 Å². The number of rotatable bonds is 9. The molecule has 1 radical (unpaired) electrons. The molecule has 3 rings (SSSR count). The fraction of sp³-hybridized carbons (Fsp3) is 0.538. The van der Waals surface area contributed by atoms with Gasteiger partial charge in [-0.2, -0.15) is 0 Å². The van der Waals surface area contributed by atoms with Crippen LogP contribution in [-0.2, 0) is 31.3 Å². The molecular weight excluding hydrogens is 707 g/mol. The zero-order valence-electron chi connectivity index (χ0n) is 28.9. The molecule has 1 N–H and O–H groups in total. The van der Waals surface area contributed by atoms with E-state index < -0.39 is 0 Å². The van der Waals surface area contributed by atoms with Gasteiger partial charge in [-0.15, -0.1) is 34.9 Å². The van der Waals surface area contributed by atoms with E-state index in [4.69, 9.17) is 4.98 Å². The molecule has 0 saturated carbocycles. The Kier molecular flexibility index (Phi) is 15.0. The Hall–Kier alpha value is -2.29. The van der Waals surface area contributed by atoms with Crippen molar-refractivity contribution in [3.8, 4) is 11.3 Å². The fourth-order valence-corrected chi connectivity index (χ4v) is 6.35. The van der Waals surface area contributed by atoms with E-state index in [0.717, 1.165) is 28.8 Å². The van der Waals surface area contributed by atoms with Gasteiger partial charge in [-0.3, -0.25) is 9.78 Å². The summed E-state index contributed by atoms with van der Waals surface area (Å²) in [4.78, 5) is 17.2. The van der Waals surface area contributed by atoms with Gasteiger partial charge in [-0.05, 0) is 52.8 Å². The number of nitrogens with zero attached hydrogens (tertiary/aromatic N) is 1. The summed E-state index contributed by atoms with van der Waals surface area (Å²) < 4.78 is 0. The third-order valence-electron chi connectivity index (χ3n) is 7.78. The number of para-hydroxylation sites is 1. The van der Waals surface area contributed by atoms with Gasteiger partial charge in [0.1, 0.15) is 0 Å². The number of benzene rings is 2. The van der Waals surface area contributed by atoms with Gasteiger partial charge in [0.15, 0.2) is 5.78 Å². The van der Waals surface area contributed by atoms with Gasteiger partial charge in [0, 0.05) is 43.4 Å². The van der Waals surface area contributed by atoms with Crippen LogP contribution in [0, 0.1) is 60.8 Å². The summed E-state index contributed by atoms with van der Waals surface area (Å²) in [5.74, 6) is 1.63. The molecule has 0 saturated heterocycles. The van der Waals surface area contributed by atoms with Crippen LogP contribution in [0.4, 0.5) is 0 Å². The van der Waals surface area contributed by atoms with Crippen molar-refractivity contribution in [2.24, 2.45) is 40.9 Å². The maximum atomic E-state index is 12.3. The van der Waals surface area contributed by atoms with Crippen LogP contribution in [-0.4, -0.2) is 15.9 Å². The molecule has 43 heavy (non-hydrogen) atoms. The van der Waals surface area contributed by atoms with Crippen molar-refractivity contribution in [2.75, 3.05) is 0 Å². The van der Waals surface area contributed by atoms with Crippen molar-refractivity contribution >= 4 is 16.7 Å². The van der Waals surface area contributed by atoms with Crippen LogP contribution in [0.3, 0.4) is 0 Å². The standard InChI is InChI=1S/C22H24N.C17H32O2.Ir/c1-15-10-16(2)12-17(11-15)21-13-18(14-22(3,4)5)19-8-6-7-9-20(19)23-21;1-10(2)16(11(3)4)14(18)9-15(19)17(12(5)6)13(7)8;/h6-11,13H,14H2,1-5H3;9-13,16-18H,1-8H3;/q-1;;/b;14-9-;. The predicted molar refractivity (Wildman–Crippen MR) is 181 cm³/mol. The van der Waals surface area contributed by atoms with Crippen LogP contribution in [0.2, 0.25) is 0 Å². The summed E-state index contributed by atoms with van der Waals surface area (Å²) in [7, 11) is 0. The summed E-state index contributed by atoms with van der Waals surface area (Å²) in [6, 6.07) is 18.5. The number of aliphatic hydroxyl groups excluding tert-OH is 1. The van der Waals surface area contributed by atoms with Crippen molar-refractivity contribution in [3.05, 3.63) is 77.1 Å². The molecule has 0 aliphatic heterocycles. The van der Waals surface area contributed by atoms with Gasteiger partial charge in [-0.25, -0.2) is 0 Å². The summed E-state index contributed by atoms with van der Waals surface area (Å²) in [6.07, 6.45) is 2.52. The number of aromatic nitrogens is 1. The molecule has 4 heteroatoms. The molecule has 0 aliphatic carbocycles. The van der Waals surface area contributed by atoms with Gasteiger partial charge < -0.3 is 5.11 Å². The second kappa shape index (κ2) is 16.7.